The largest absolute Gasteiger partial charge is 0.493 e. The third-order valence-electron chi connectivity index (χ3n) is 6.50. The minimum absolute atomic E-state index is 0.0446. The molecule has 1 fully saturated rings. The normalized spacial score (nSPS) is 16.2. The van der Waals surface area contributed by atoms with E-state index in [0.717, 1.165) is 5.56 Å². The summed E-state index contributed by atoms with van der Waals surface area (Å²) < 4.78 is 7.04. The minimum Gasteiger partial charge on any atom is -0.493 e. The molecule has 0 spiro atoms. The van der Waals surface area contributed by atoms with E-state index in [2.05, 4.69) is 23.7 Å². The lowest BCUT2D eigenvalue weighted by atomic mass is 10.0. The molecule has 0 unspecified atom stereocenters. The second-order valence-corrected chi connectivity index (χ2v) is 9.46. The summed E-state index contributed by atoms with van der Waals surface area (Å²) in [4.78, 5) is 42.4. The maximum Gasteiger partial charge on any atom is 0.292 e. The molecule has 4 rings (SSSR count). The number of nitrogens with zero attached hydrogens (tertiary/aromatic N) is 3. The van der Waals surface area contributed by atoms with Crippen molar-refractivity contribution in [1.82, 2.24) is 19.8 Å². The molecule has 1 aromatic heterocycles. The van der Waals surface area contributed by atoms with Crippen LogP contribution in [0.4, 0.5) is 0 Å². The number of fused-ring (bicyclic) bond motifs is 1. The molecule has 1 saturated heterocycles. The van der Waals surface area contributed by atoms with Crippen molar-refractivity contribution < 1.29 is 19.1 Å². The first-order valence-electron chi connectivity index (χ1n) is 12.0. The molecule has 1 aliphatic rings. The van der Waals surface area contributed by atoms with Crippen LogP contribution < -0.4 is 15.9 Å². The average Bonchev–Trinajstić information content (AvgIpc) is 3.19. The summed E-state index contributed by atoms with van der Waals surface area (Å²) in [6.07, 6.45) is 1.38. The number of halogens is 1. The van der Waals surface area contributed by atoms with Crippen molar-refractivity contribution in [2.75, 3.05) is 32.6 Å². The van der Waals surface area contributed by atoms with E-state index in [1.54, 1.807) is 17.0 Å². The average molecular weight is 524 g/mol. The molecular weight excluding hydrogens is 494 g/mol. The Morgan fingerprint density at radius 3 is 2.65 bits per heavy atom. The lowest BCUT2D eigenvalue weighted by molar-refractivity contribution is -0.116. The number of nitrogen functional groups attached to an aromatic ring is 1. The van der Waals surface area contributed by atoms with Crippen LogP contribution in [0.1, 0.15) is 40.1 Å². The predicted molar refractivity (Wildman–Crippen MR) is 143 cm³/mol. The Hall–Kier alpha value is -3.82. The number of ketones is 1. The van der Waals surface area contributed by atoms with Crippen LogP contribution in [0.3, 0.4) is 0 Å². The second-order valence-electron chi connectivity index (χ2n) is 9.02. The highest BCUT2D eigenvalue weighted by Gasteiger charge is 2.32. The first kappa shape index (κ1) is 26.2. The van der Waals surface area contributed by atoms with Crippen molar-refractivity contribution in [1.29, 1.82) is 0 Å². The Kier molecular flexibility index (Phi) is 7.56. The van der Waals surface area contributed by atoms with Gasteiger partial charge in [-0.15, -0.1) is 0 Å². The first-order valence-corrected chi connectivity index (χ1v) is 12.3. The minimum atomic E-state index is -0.771. The first-order chi connectivity index (χ1) is 17.6. The van der Waals surface area contributed by atoms with E-state index in [0.29, 0.717) is 53.6 Å². The van der Waals surface area contributed by atoms with Crippen molar-refractivity contribution in [2.24, 2.45) is 0 Å². The number of likely N-dealkylation sites (N-methyl/N-ethyl adjacent to an activating group) is 1. The molecule has 1 atom stereocenters. The van der Waals surface area contributed by atoms with Gasteiger partial charge in [-0.3, -0.25) is 24.0 Å². The van der Waals surface area contributed by atoms with Gasteiger partial charge in [0.25, 0.3) is 17.6 Å². The molecule has 3 N–H and O–H groups in total. The van der Waals surface area contributed by atoms with E-state index >= 15 is 0 Å². The Labute approximate surface area is 220 Å². The van der Waals surface area contributed by atoms with Crippen molar-refractivity contribution in [2.45, 2.75) is 26.4 Å². The van der Waals surface area contributed by atoms with Crippen LogP contribution >= 0.6 is 11.6 Å². The topological polar surface area (TPSA) is 110 Å². The molecule has 2 aromatic carbocycles. The molecule has 9 nitrogen and oxygen atoms in total. The summed E-state index contributed by atoms with van der Waals surface area (Å²) in [5, 5.41) is 3.40. The summed E-state index contributed by atoms with van der Waals surface area (Å²) in [5.74, 6) is 4.60. The standard InChI is InChI=1S/C27H30ClN5O4/c1-5-37-24-11-23-20(22(15-33(23)29)25(34)26(35)30-4)10-21(24)27(36)32-13-16(2)31(12-17(32)3)14-18-7-6-8-19(28)9-18/h6-11,15-16H,3,5,12-14,29H2,1-2,4H3,(H,30,35)/t16-/m0/s1. The second kappa shape index (κ2) is 10.7. The smallest absolute Gasteiger partial charge is 0.292 e. The van der Waals surface area contributed by atoms with Gasteiger partial charge < -0.3 is 20.8 Å². The number of ether oxygens (including phenoxy) is 1. The quantitative estimate of drug-likeness (QED) is 0.279. The number of Topliss-reactive ketones (excluding diaryl/α,β-unsaturated/α-hetero) is 1. The number of carbonyl (C=O) groups is 3. The molecule has 1 aliphatic heterocycles. The van der Waals surface area contributed by atoms with Gasteiger partial charge in [0.2, 0.25) is 0 Å². The maximum atomic E-state index is 13.8. The highest BCUT2D eigenvalue weighted by Crippen LogP contribution is 2.32. The number of nitrogens with two attached hydrogens (primary N) is 1. The summed E-state index contributed by atoms with van der Waals surface area (Å²) in [7, 11) is 1.38. The van der Waals surface area contributed by atoms with Crippen LogP contribution in [0.2, 0.25) is 5.02 Å². The van der Waals surface area contributed by atoms with Crippen LogP contribution in [0.25, 0.3) is 10.9 Å². The molecular formula is C27H30ClN5O4. The number of hydrogen-bond donors (Lipinski definition) is 2. The van der Waals surface area contributed by atoms with Gasteiger partial charge >= 0.3 is 0 Å². The molecule has 0 aliphatic carbocycles. The Morgan fingerprint density at radius 2 is 1.97 bits per heavy atom. The third-order valence-corrected chi connectivity index (χ3v) is 6.74. The van der Waals surface area contributed by atoms with Crippen LogP contribution in [0.5, 0.6) is 5.75 Å². The van der Waals surface area contributed by atoms with Gasteiger partial charge in [-0.2, -0.15) is 0 Å². The molecule has 37 heavy (non-hydrogen) atoms. The van der Waals surface area contributed by atoms with Gasteiger partial charge in [-0.05, 0) is 37.6 Å². The molecule has 2 heterocycles. The molecule has 0 saturated carbocycles. The van der Waals surface area contributed by atoms with E-state index in [-0.39, 0.29) is 23.1 Å². The van der Waals surface area contributed by atoms with Crippen LogP contribution in [0, 0.1) is 0 Å². The van der Waals surface area contributed by atoms with Crippen molar-refractivity contribution in [3.8, 4) is 5.75 Å². The van der Waals surface area contributed by atoms with Crippen LogP contribution in [-0.4, -0.2) is 64.9 Å². The molecule has 194 valence electrons. The number of carbonyl (C=O) groups excluding carboxylic acids is 3. The molecule has 10 heteroatoms. The Bertz CT molecular complexity index is 1400. The number of piperazine rings is 1. The maximum absolute atomic E-state index is 13.8. The van der Waals surface area contributed by atoms with E-state index in [1.165, 1.54) is 17.9 Å². The number of aromatic nitrogens is 1. The van der Waals surface area contributed by atoms with Crippen molar-refractivity contribution in [3.05, 3.63) is 76.6 Å². The van der Waals surface area contributed by atoms with Crippen molar-refractivity contribution in [3.63, 3.8) is 0 Å². The van der Waals surface area contributed by atoms with Gasteiger partial charge in [0.1, 0.15) is 5.75 Å². The highest BCUT2D eigenvalue weighted by molar-refractivity contribution is 6.45. The fraction of sp³-hybridized carbons (Fsp3) is 0.296. The zero-order chi connectivity index (χ0) is 26.9. The van der Waals surface area contributed by atoms with Gasteiger partial charge in [0.05, 0.1) is 23.3 Å². The lowest BCUT2D eigenvalue weighted by Gasteiger charge is -2.41. The zero-order valence-electron chi connectivity index (χ0n) is 21.1. The van der Waals surface area contributed by atoms with Gasteiger partial charge in [0.15, 0.2) is 0 Å². The predicted octanol–water partition coefficient (Wildman–Crippen LogP) is 3.20. The molecule has 2 amide bonds. The highest BCUT2D eigenvalue weighted by atomic mass is 35.5. The van der Waals surface area contributed by atoms with Crippen LogP contribution in [-0.2, 0) is 11.3 Å². The SMILES string of the molecule is C=C1CN(Cc2cccc(Cl)c2)[C@@H](C)CN1C(=O)c1cc2c(C(=O)C(=O)NC)cn(N)c2cc1OCC. The summed E-state index contributed by atoms with van der Waals surface area (Å²) >= 11 is 6.15. The summed E-state index contributed by atoms with van der Waals surface area (Å²) in [6.45, 7) is 9.95. The summed E-state index contributed by atoms with van der Waals surface area (Å²) in [6, 6.07) is 10.9. The summed E-state index contributed by atoms with van der Waals surface area (Å²) in [5.41, 5.74) is 2.56. The van der Waals surface area contributed by atoms with Crippen LogP contribution in [0.15, 0.2) is 54.9 Å². The van der Waals surface area contributed by atoms with Gasteiger partial charge in [0, 0.05) is 61.1 Å². The lowest BCUT2D eigenvalue weighted by Crippen LogP contribution is -2.51. The van der Waals surface area contributed by atoms with E-state index < -0.39 is 11.7 Å². The Balaban J connectivity index is 1.66. The number of rotatable bonds is 7. The van der Waals surface area contributed by atoms with E-state index in [9.17, 15) is 14.4 Å². The fourth-order valence-corrected chi connectivity index (χ4v) is 4.79. The molecule has 3 aromatic rings. The van der Waals surface area contributed by atoms with Gasteiger partial charge in [-0.1, -0.05) is 30.3 Å². The monoisotopic (exact) mass is 523 g/mol. The molecule has 0 bridgehead atoms. The number of hydrogen-bond acceptors (Lipinski definition) is 6. The third kappa shape index (κ3) is 5.19. The van der Waals surface area contributed by atoms with Crippen molar-refractivity contribution >= 4 is 40.1 Å². The molecule has 0 radical (unpaired) electrons. The fourth-order valence-electron chi connectivity index (χ4n) is 4.57. The number of benzene rings is 2. The van der Waals surface area contributed by atoms with E-state index in [4.69, 9.17) is 22.2 Å². The van der Waals surface area contributed by atoms with E-state index in [1.807, 2.05) is 31.2 Å². The zero-order valence-corrected chi connectivity index (χ0v) is 21.8. The number of amides is 2. The number of nitrogens with one attached hydrogen (secondary N) is 1. The Morgan fingerprint density at radius 1 is 1.22 bits per heavy atom. The van der Waals surface area contributed by atoms with Gasteiger partial charge in [-0.25, -0.2) is 0 Å².